The first-order valence-corrected chi connectivity index (χ1v) is 24.7. The summed E-state index contributed by atoms with van der Waals surface area (Å²) in [5, 5.41) is 10.4. The fourth-order valence-electron chi connectivity index (χ4n) is 11.9. The van der Waals surface area contributed by atoms with E-state index in [1.54, 1.807) is 23.9 Å². The molecule has 6 aliphatic rings. The van der Waals surface area contributed by atoms with Gasteiger partial charge in [-0.1, -0.05) is 57.4 Å². The van der Waals surface area contributed by atoms with Gasteiger partial charge in [0.1, 0.15) is 5.75 Å². The van der Waals surface area contributed by atoms with Crippen LogP contribution < -0.4 is 31.1 Å². The Morgan fingerprint density at radius 2 is 1.55 bits per heavy atom. The Morgan fingerprint density at radius 1 is 0.828 bits per heavy atom. The van der Waals surface area contributed by atoms with Gasteiger partial charge in [0.15, 0.2) is 5.65 Å². The second kappa shape index (κ2) is 20.0. The van der Waals surface area contributed by atoms with E-state index in [4.69, 9.17) is 9.72 Å². The molecule has 2 amide bonds. The van der Waals surface area contributed by atoms with Gasteiger partial charge in [-0.2, -0.15) is 4.98 Å². The number of pyridine rings is 1. The molecule has 1 saturated heterocycles. The molecule has 2 aromatic carbocycles. The first-order valence-electron chi connectivity index (χ1n) is 24.7. The number of methoxy groups -OCH3 is 1. The highest BCUT2D eigenvalue weighted by molar-refractivity contribution is 5.94. The van der Waals surface area contributed by atoms with Gasteiger partial charge < -0.3 is 25.6 Å². The fraction of sp³-hybridized carbons (Fsp3) is 0.596. The van der Waals surface area contributed by atoms with E-state index in [1.165, 1.54) is 96.4 Å². The second-order valence-electron chi connectivity index (χ2n) is 20.1. The van der Waals surface area contributed by atoms with Crippen molar-refractivity contribution in [3.63, 3.8) is 0 Å². The van der Waals surface area contributed by atoms with Crippen molar-refractivity contribution in [3.05, 3.63) is 70.6 Å². The molecule has 64 heavy (non-hydrogen) atoms. The van der Waals surface area contributed by atoms with E-state index in [0.29, 0.717) is 40.0 Å². The van der Waals surface area contributed by atoms with E-state index >= 15 is 0 Å². The lowest BCUT2D eigenvalue weighted by atomic mass is 9.73. The normalized spacial score (nSPS) is 22.6. The van der Waals surface area contributed by atoms with Gasteiger partial charge in [0, 0.05) is 80.2 Å². The number of unbranched alkanes of at least 4 members (excludes halogenated alkanes) is 9. The lowest BCUT2D eigenvalue weighted by Gasteiger charge is -2.36. The second-order valence-corrected chi connectivity index (χ2v) is 20.1. The van der Waals surface area contributed by atoms with Crippen molar-refractivity contribution in [2.24, 2.45) is 29.1 Å². The van der Waals surface area contributed by atoms with Crippen LogP contribution in [0.5, 0.6) is 5.75 Å². The zero-order valence-corrected chi connectivity index (χ0v) is 38.3. The average molecular weight is 871 g/mol. The van der Waals surface area contributed by atoms with Crippen LogP contribution in [0, 0.1) is 36.0 Å². The minimum absolute atomic E-state index is 0.0142. The molecular formula is C52H70N8O4. The van der Waals surface area contributed by atoms with Gasteiger partial charge in [0.25, 0.3) is 5.56 Å². The van der Waals surface area contributed by atoms with Gasteiger partial charge >= 0.3 is 0 Å². The summed E-state index contributed by atoms with van der Waals surface area (Å²) in [5.41, 5.74) is 4.55. The number of carbonyl (C=O) groups excluding carboxylic acids is 2. The van der Waals surface area contributed by atoms with Gasteiger partial charge in [-0.25, -0.2) is 4.98 Å². The van der Waals surface area contributed by atoms with Crippen LogP contribution in [0.25, 0.3) is 16.7 Å². The maximum Gasteiger partial charge on any atom is 0.257 e. The lowest BCUT2D eigenvalue weighted by molar-refractivity contribution is -0.124. The third-order valence-electron chi connectivity index (χ3n) is 15.3. The van der Waals surface area contributed by atoms with Crippen molar-refractivity contribution < 1.29 is 14.3 Å². The monoisotopic (exact) mass is 871 g/mol. The largest absolute Gasteiger partial charge is 0.494 e. The molecule has 0 spiro atoms. The number of nitrogens with zero attached hydrogens (tertiary/aromatic N) is 5. The Morgan fingerprint density at radius 3 is 2.27 bits per heavy atom. The fourth-order valence-corrected chi connectivity index (χ4v) is 11.9. The number of aryl methyl sites for hydroxylation is 1. The number of ether oxygens (including phenoxy) is 1. The summed E-state index contributed by atoms with van der Waals surface area (Å²) < 4.78 is 7.43. The summed E-state index contributed by atoms with van der Waals surface area (Å²) in [7, 11) is 1.67. The van der Waals surface area contributed by atoms with E-state index < -0.39 is 0 Å². The van der Waals surface area contributed by atoms with Gasteiger partial charge in [0.2, 0.25) is 17.8 Å². The van der Waals surface area contributed by atoms with E-state index in [0.717, 1.165) is 98.5 Å². The van der Waals surface area contributed by atoms with Gasteiger partial charge in [-0.3, -0.25) is 23.9 Å². The van der Waals surface area contributed by atoms with Crippen molar-refractivity contribution in [2.45, 2.75) is 122 Å². The molecule has 2 atom stereocenters. The van der Waals surface area contributed by atoms with Crippen LogP contribution in [0.3, 0.4) is 0 Å². The van der Waals surface area contributed by atoms with Crippen molar-refractivity contribution >= 4 is 45.9 Å². The number of carbonyl (C=O) groups is 2. The van der Waals surface area contributed by atoms with E-state index in [1.807, 2.05) is 37.3 Å². The summed E-state index contributed by atoms with van der Waals surface area (Å²) >= 11 is 0. The molecule has 3 heterocycles. The standard InChI is InChI=1S/C52H70N8O4/c1-36-26-48(62)60(43-15-13-14-41(30-43)55-50(63)39-16-17-39)49-44(36)35-54-51(57-49)56-45-19-18-42(31-46(45)64-2)59-24-22-58(23-25-59)21-12-10-8-6-4-3-5-7-9-11-20-53-47(61)34-52-32-37-27-38(33-52)29-40(52)28-37/h13-15,18-19,26,30-31,35,37-40H,3-12,16-17,20-25,27-29,32-34H2,1-2H3,(H,53,61)(H,55,63)(H,54,56,57). The number of amides is 2. The van der Waals surface area contributed by atoms with Crippen LogP contribution in [-0.4, -0.2) is 77.6 Å². The minimum Gasteiger partial charge on any atom is -0.494 e. The Hall–Kier alpha value is -4.97. The number of anilines is 4. The van der Waals surface area contributed by atoms with Gasteiger partial charge in [0.05, 0.1) is 18.5 Å². The SMILES string of the molecule is COc1cc(N2CCN(CCCCCCCCCCCCNC(=O)CC34CC5CC(CC3C5)C4)CC2)ccc1Nc1ncc2c(C)cc(=O)n(-c3cccc(NC(=O)C4CC4)c3)c2n1. The first-order chi connectivity index (χ1) is 31.2. The van der Waals surface area contributed by atoms with Crippen LogP contribution in [0.2, 0.25) is 0 Å². The van der Waals surface area contributed by atoms with Crippen LogP contribution in [0.4, 0.5) is 23.0 Å². The number of fused-ring (bicyclic) bond motifs is 1. The molecule has 2 unspecified atom stereocenters. The lowest BCUT2D eigenvalue weighted by Crippen LogP contribution is -2.46. The third kappa shape index (κ3) is 10.4. The summed E-state index contributed by atoms with van der Waals surface area (Å²) in [5.74, 6) is 4.16. The molecule has 342 valence electrons. The molecule has 10 rings (SSSR count). The average Bonchev–Trinajstić information content (AvgIpc) is 4.08. The number of hydrogen-bond donors (Lipinski definition) is 3. The molecule has 5 saturated carbocycles. The number of hydrogen-bond acceptors (Lipinski definition) is 9. The quantitative estimate of drug-likeness (QED) is 0.0661. The first kappa shape index (κ1) is 44.2. The summed E-state index contributed by atoms with van der Waals surface area (Å²) in [6.07, 6.45) is 24.2. The number of nitrogens with one attached hydrogen (secondary N) is 3. The predicted molar refractivity (Wildman–Crippen MR) is 256 cm³/mol. The summed E-state index contributed by atoms with van der Waals surface area (Å²) in [4.78, 5) is 53.2. The molecule has 1 aliphatic heterocycles. The molecule has 3 N–H and O–H groups in total. The van der Waals surface area contributed by atoms with Crippen molar-refractivity contribution in [1.82, 2.24) is 24.8 Å². The molecule has 5 aliphatic carbocycles. The zero-order chi connectivity index (χ0) is 44.0. The molecule has 2 aromatic heterocycles. The number of benzene rings is 2. The highest BCUT2D eigenvalue weighted by Gasteiger charge is 2.58. The van der Waals surface area contributed by atoms with E-state index in [9.17, 15) is 14.4 Å². The zero-order valence-electron chi connectivity index (χ0n) is 38.3. The summed E-state index contributed by atoms with van der Waals surface area (Å²) in [6, 6.07) is 15.1. The van der Waals surface area contributed by atoms with Gasteiger partial charge in [-0.05, 0) is 130 Å². The molecular weight excluding hydrogens is 801 g/mol. The number of piperazine rings is 1. The maximum absolute atomic E-state index is 13.5. The minimum atomic E-state index is -0.212. The molecule has 12 nitrogen and oxygen atoms in total. The Labute approximate surface area is 379 Å². The topological polar surface area (TPSA) is 134 Å². The predicted octanol–water partition coefficient (Wildman–Crippen LogP) is 9.55. The van der Waals surface area contributed by atoms with Crippen LogP contribution in [-0.2, 0) is 9.59 Å². The molecule has 0 radical (unpaired) electrons. The highest BCUT2D eigenvalue weighted by Crippen LogP contribution is 2.66. The maximum atomic E-state index is 13.5. The smallest absolute Gasteiger partial charge is 0.257 e. The summed E-state index contributed by atoms with van der Waals surface area (Å²) in [6.45, 7) is 7.96. The molecule has 12 heteroatoms. The van der Waals surface area contributed by atoms with Crippen LogP contribution in [0.15, 0.2) is 59.5 Å². The third-order valence-corrected chi connectivity index (χ3v) is 15.3. The number of rotatable bonds is 22. The Balaban J connectivity index is 0.664. The van der Waals surface area contributed by atoms with E-state index in [2.05, 4.69) is 42.9 Å². The number of aromatic nitrogens is 3. The molecule has 6 fully saturated rings. The van der Waals surface area contributed by atoms with Gasteiger partial charge in [-0.15, -0.1) is 0 Å². The van der Waals surface area contributed by atoms with Crippen LogP contribution in [0.1, 0.15) is 121 Å². The Bertz CT molecular complexity index is 2320. The van der Waals surface area contributed by atoms with Crippen LogP contribution >= 0.6 is 0 Å². The van der Waals surface area contributed by atoms with Crippen molar-refractivity contribution in [3.8, 4) is 11.4 Å². The Kier molecular flexibility index (Phi) is 13.9. The highest BCUT2D eigenvalue weighted by atomic mass is 16.5. The van der Waals surface area contributed by atoms with Crippen molar-refractivity contribution in [2.75, 3.05) is 61.9 Å². The van der Waals surface area contributed by atoms with Crippen molar-refractivity contribution in [1.29, 1.82) is 0 Å². The molecule has 4 bridgehead atoms. The molecule has 4 aromatic rings. The van der Waals surface area contributed by atoms with E-state index in [-0.39, 0.29) is 17.4 Å².